The van der Waals surface area contributed by atoms with E-state index in [1.165, 1.54) is 6.26 Å². The molecule has 26 heavy (non-hydrogen) atoms. The Bertz CT molecular complexity index is 908. The molecule has 1 saturated heterocycles. The third-order valence-corrected chi connectivity index (χ3v) is 4.72. The Kier molecular flexibility index (Phi) is 4.53. The van der Waals surface area contributed by atoms with Gasteiger partial charge in [-0.25, -0.2) is 4.98 Å². The number of benzene rings is 1. The van der Waals surface area contributed by atoms with Crippen molar-refractivity contribution in [1.29, 1.82) is 0 Å². The lowest BCUT2D eigenvalue weighted by atomic mass is 10.2. The topological polar surface area (TPSA) is 71.6 Å². The van der Waals surface area contributed by atoms with Gasteiger partial charge in [-0.05, 0) is 24.3 Å². The van der Waals surface area contributed by atoms with Crippen molar-refractivity contribution >= 4 is 22.7 Å². The Morgan fingerprint density at radius 1 is 1.00 bits per heavy atom. The van der Waals surface area contributed by atoms with Gasteiger partial charge in [-0.2, -0.15) is 0 Å². The zero-order valence-electron chi connectivity index (χ0n) is 14.4. The number of fused-ring (bicyclic) bond motifs is 1. The number of Topliss-reactive ketones (excluding diaryl/α,β-unsaturated/α-hetero) is 1. The minimum atomic E-state index is -0.0281. The van der Waals surface area contributed by atoms with Crippen molar-refractivity contribution in [3.8, 4) is 0 Å². The lowest BCUT2D eigenvalue weighted by Gasteiger charge is -2.34. The molecular weight excluding hydrogens is 332 g/mol. The summed E-state index contributed by atoms with van der Waals surface area (Å²) in [4.78, 5) is 32.9. The van der Waals surface area contributed by atoms with Crippen LogP contribution in [0.15, 0.2) is 53.4 Å². The van der Waals surface area contributed by atoms with Gasteiger partial charge < -0.3 is 13.9 Å². The minimum absolute atomic E-state index is 0.0281. The van der Waals surface area contributed by atoms with Gasteiger partial charge in [0.1, 0.15) is 6.54 Å². The van der Waals surface area contributed by atoms with Crippen molar-refractivity contribution in [2.75, 3.05) is 32.7 Å². The van der Waals surface area contributed by atoms with E-state index >= 15 is 0 Å². The third-order valence-electron chi connectivity index (χ3n) is 4.72. The van der Waals surface area contributed by atoms with E-state index in [9.17, 15) is 9.59 Å². The lowest BCUT2D eigenvalue weighted by molar-refractivity contribution is -0.133. The van der Waals surface area contributed by atoms with E-state index in [1.54, 1.807) is 18.5 Å². The van der Waals surface area contributed by atoms with Crippen LogP contribution in [0.1, 0.15) is 10.6 Å². The predicted molar refractivity (Wildman–Crippen MR) is 95.8 cm³/mol. The van der Waals surface area contributed by atoms with E-state index in [-0.39, 0.29) is 18.2 Å². The van der Waals surface area contributed by atoms with E-state index in [2.05, 4.69) is 9.88 Å². The molecule has 1 aliphatic heterocycles. The fourth-order valence-electron chi connectivity index (χ4n) is 3.26. The summed E-state index contributed by atoms with van der Waals surface area (Å²) >= 11 is 0. The number of piperazine rings is 1. The molecular formula is C19H20N4O3. The molecule has 3 heterocycles. The molecule has 7 heteroatoms. The van der Waals surface area contributed by atoms with Gasteiger partial charge in [0.05, 0.1) is 30.2 Å². The fourth-order valence-corrected chi connectivity index (χ4v) is 3.26. The second-order valence-corrected chi connectivity index (χ2v) is 6.42. The van der Waals surface area contributed by atoms with Crippen molar-refractivity contribution in [3.05, 3.63) is 54.7 Å². The Labute approximate surface area is 150 Å². The van der Waals surface area contributed by atoms with Crippen LogP contribution in [-0.2, 0) is 11.3 Å². The highest BCUT2D eigenvalue weighted by Crippen LogP contribution is 2.13. The molecule has 0 unspecified atom stereocenters. The Morgan fingerprint density at radius 2 is 1.81 bits per heavy atom. The smallest absolute Gasteiger partial charge is 0.242 e. The molecule has 4 rings (SSSR count). The largest absolute Gasteiger partial charge is 0.461 e. The van der Waals surface area contributed by atoms with E-state index < -0.39 is 0 Å². The average molecular weight is 352 g/mol. The van der Waals surface area contributed by atoms with Crippen molar-refractivity contribution in [1.82, 2.24) is 19.4 Å². The number of imidazole rings is 1. The molecule has 7 nitrogen and oxygen atoms in total. The summed E-state index contributed by atoms with van der Waals surface area (Å²) in [5.74, 6) is 0.431. The number of furan rings is 1. The summed E-state index contributed by atoms with van der Waals surface area (Å²) in [6, 6.07) is 11.2. The summed E-state index contributed by atoms with van der Waals surface area (Å²) in [7, 11) is 0. The van der Waals surface area contributed by atoms with Gasteiger partial charge in [0.15, 0.2) is 5.76 Å². The first-order valence-corrected chi connectivity index (χ1v) is 8.67. The molecule has 1 amide bonds. The van der Waals surface area contributed by atoms with Gasteiger partial charge in [0, 0.05) is 26.2 Å². The quantitative estimate of drug-likeness (QED) is 0.653. The van der Waals surface area contributed by atoms with Gasteiger partial charge in [-0.1, -0.05) is 12.1 Å². The normalized spacial score (nSPS) is 15.5. The summed E-state index contributed by atoms with van der Waals surface area (Å²) < 4.78 is 7.02. The van der Waals surface area contributed by atoms with Gasteiger partial charge in [-0.15, -0.1) is 0 Å². The predicted octanol–water partition coefficient (Wildman–Crippen LogP) is 1.66. The van der Waals surface area contributed by atoms with Crippen molar-refractivity contribution in [2.45, 2.75) is 6.54 Å². The molecule has 3 aromatic rings. The molecule has 1 aromatic carbocycles. The number of hydrogen-bond donors (Lipinski definition) is 0. The standard InChI is InChI=1S/C19H20N4O3/c24-17(18-6-3-11-26-18)12-21-7-9-22(10-8-21)19(25)13-23-14-20-15-4-1-2-5-16(15)23/h1-6,11,14H,7-10,12-13H2. The van der Waals surface area contributed by atoms with Crippen molar-refractivity contribution < 1.29 is 14.0 Å². The molecule has 2 aromatic heterocycles. The van der Waals surface area contributed by atoms with Crippen LogP contribution in [-0.4, -0.2) is 63.8 Å². The highest BCUT2D eigenvalue weighted by molar-refractivity contribution is 5.95. The molecule has 134 valence electrons. The molecule has 1 aliphatic rings. The zero-order valence-corrected chi connectivity index (χ0v) is 14.4. The van der Waals surface area contributed by atoms with Gasteiger partial charge in [0.25, 0.3) is 0 Å². The maximum atomic E-state index is 12.6. The molecule has 0 N–H and O–H groups in total. The number of rotatable bonds is 5. The molecule has 0 atom stereocenters. The fraction of sp³-hybridized carbons (Fsp3) is 0.316. The van der Waals surface area contributed by atoms with Crippen LogP contribution < -0.4 is 0 Å². The SMILES string of the molecule is O=C(CN1CCN(C(=O)Cn2cnc3ccccc32)CC1)c1ccco1. The maximum Gasteiger partial charge on any atom is 0.242 e. The van der Waals surface area contributed by atoms with Crippen LogP contribution in [0.3, 0.4) is 0 Å². The summed E-state index contributed by atoms with van der Waals surface area (Å²) in [6.45, 7) is 3.22. The monoisotopic (exact) mass is 352 g/mol. The second kappa shape index (κ2) is 7.13. The second-order valence-electron chi connectivity index (χ2n) is 6.42. The molecule has 0 bridgehead atoms. The number of para-hydroxylation sites is 2. The number of carbonyl (C=O) groups excluding carboxylic acids is 2. The summed E-state index contributed by atoms with van der Waals surface area (Å²) in [6.07, 6.45) is 3.21. The first-order chi connectivity index (χ1) is 12.7. The molecule has 1 fully saturated rings. The van der Waals surface area contributed by atoms with E-state index in [0.717, 1.165) is 11.0 Å². The van der Waals surface area contributed by atoms with Crippen LogP contribution in [0.25, 0.3) is 11.0 Å². The first kappa shape index (κ1) is 16.5. The average Bonchev–Trinajstić information content (AvgIpc) is 3.33. The van der Waals surface area contributed by atoms with Crippen molar-refractivity contribution in [2.24, 2.45) is 0 Å². The van der Waals surface area contributed by atoms with Crippen LogP contribution in [0.4, 0.5) is 0 Å². The molecule has 0 aliphatic carbocycles. The summed E-state index contributed by atoms with van der Waals surface area (Å²) in [5.41, 5.74) is 1.85. The molecule has 0 spiro atoms. The third kappa shape index (κ3) is 3.39. The van der Waals surface area contributed by atoms with Gasteiger partial charge in [-0.3, -0.25) is 14.5 Å². The summed E-state index contributed by atoms with van der Waals surface area (Å²) in [5, 5.41) is 0. The number of ketones is 1. The van der Waals surface area contributed by atoms with Crippen LogP contribution >= 0.6 is 0 Å². The first-order valence-electron chi connectivity index (χ1n) is 8.67. The molecule has 0 radical (unpaired) electrons. The number of hydrogen-bond acceptors (Lipinski definition) is 5. The Morgan fingerprint density at radius 3 is 2.58 bits per heavy atom. The van der Waals surface area contributed by atoms with Crippen molar-refractivity contribution in [3.63, 3.8) is 0 Å². The van der Waals surface area contributed by atoms with E-state index in [4.69, 9.17) is 4.42 Å². The number of amides is 1. The van der Waals surface area contributed by atoms with Gasteiger partial charge >= 0.3 is 0 Å². The van der Waals surface area contributed by atoms with Crippen LogP contribution in [0.2, 0.25) is 0 Å². The minimum Gasteiger partial charge on any atom is -0.461 e. The van der Waals surface area contributed by atoms with E-state index in [1.807, 2.05) is 33.7 Å². The number of carbonyl (C=O) groups is 2. The van der Waals surface area contributed by atoms with Crippen LogP contribution in [0, 0.1) is 0 Å². The highest BCUT2D eigenvalue weighted by atomic mass is 16.3. The number of aromatic nitrogens is 2. The number of nitrogens with zero attached hydrogens (tertiary/aromatic N) is 4. The lowest BCUT2D eigenvalue weighted by Crippen LogP contribution is -2.50. The van der Waals surface area contributed by atoms with Gasteiger partial charge in [0.2, 0.25) is 11.7 Å². The van der Waals surface area contributed by atoms with Crippen LogP contribution in [0.5, 0.6) is 0 Å². The molecule has 0 saturated carbocycles. The Balaban J connectivity index is 1.31. The van der Waals surface area contributed by atoms with E-state index in [0.29, 0.717) is 38.5 Å². The highest BCUT2D eigenvalue weighted by Gasteiger charge is 2.23. The Hall–Kier alpha value is -2.93. The maximum absolute atomic E-state index is 12.6. The zero-order chi connectivity index (χ0) is 17.9.